The lowest BCUT2D eigenvalue weighted by atomic mass is 9.99. The summed E-state index contributed by atoms with van der Waals surface area (Å²) in [6.07, 6.45) is 7.75. The number of aromatic nitrogens is 2. The number of nitrogens with one attached hydrogen (secondary N) is 2. The predicted octanol–water partition coefficient (Wildman–Crippen LogP) is 2.61. The Bertz CT molecular complexity index is 1360. The molecular weight excluding hydrogens is 430 g/mol. The maximum atomic E-state index is 12.9. The number of pyridine rings is 1. The number of H-pyrrole nitrogens is 1. The number of carbonyl (C=O) groups excluding carboxylic acids is 3. The lowest BCUT2D eigenvalue weighted by molar-refractivity contribution is -0.136. The van der Waals surface area contributed by atoms with Gasteiger partial charge in [0, 0.05) is 61.5 Å². The molecule has 3 aromatic rings. The minimum absolute atomic E-state index is 0.130. The third-order valence-corrected chi connectivity index (χ3v) is 7.08. The van der Waals surface area contributed by atoms with Gasteiger partial charge in [0.2, 0.25) is 11.8 Å². The van der Waals surface area contributed by atoms with Crippen LogP contribution in [0.5, 0.6) is 0 Å². The summed E-state index contributed by atoms with van der Waals surface area (Å²) in [7, 11) is 0. The van der Waals surface area contributed by atoms with E-state index in [1.807, 2.05) is 24.4 Å². The Morgan fingerprint density at radius 1 is 1.09 bits per heavy atom. The molecule has 3 amide bonds. The molecule has 0 aliphatic carbocycles. The van der Waals surface area contributed by atoms with Gasteiger partial charge in [-0.2, -0.15) is 0 Å². The Balaban J connectivity index is 1.14. The van der Waals surface area contributed by atoms with Gasteiger partial charge in [0.1, 0.15) is 11.7 Å². The topological polar surface area (TPSA) is 98.4 Å². The number of hydrogen-bond acceptors (Lipinski definition) is 5. The van der Waals surface area contributed by atoms with E-state index in [4.69, 9.17) is 0 Å². The number of carbonyl (C=O) groups is 3. The minimum Gasteiger partial charge on any atom is -0.346 e. The van der Waals surface area contributed by atoms with Gasteiger partial charge in [-0.05, 0) is 47.7 Å². The number of aromatic amines is 1. The van der Waals surface area contributed by atoms with E-state index in [1.54, 1.807) is 11.1 Å². The second kappa shape index (κ2) is 8.22. The largest absolute Gasteiger partial charge is 0.346 e. The lowest BCUT2D eigenvalue weighted by Gasteiger charge is -2.29. The molecule has 0 radical (unpaired) electrons. The number of piperidine rings is 1. The van der Waals surface area contributed by atoms with E-state index in [0.29, 0.717) is 18.5 Å². The highest BCUT2D eigenvalue weighted by atomic mass is 16.2. The highest BCUT2D eigenvalue weighted by Gasteiger charge is 2.39. The molecule has 1 aromatic carbocycles. The maximum absolute atomic E-state index is 12.9. The molecular formula is C26H25N5O3. The van der Waals surface area contributed by atoms with Crippen LogP contribution in [0.25, 0.3) is 16.6 Å². The number of imide groups is 1. The minimum atomic E-state index is -0.577. The average molecular weight is 456 g/mol. The molecule has 1 fully saturated rings. The molecule has 3 aliphatic rings. The third-order valence-electron chi connectivity index (χ3n) is 7.08. The first kappa shape index (κ1) is 20.8. The zero-order valence-corrected chi connectivity index (χ0v) is 18.7. The van der Waals surface area contributed by atoms with Crippen molar-refractivity contribution in [3.8, 4) is 0 Å². The van der Waals surface area contributed by atoms with Crippen LogP contribution in [0.3, 0.4) is 0 Å². The number of rotatable bonds is 4. The summed E-state index contributed by atoms with van der Waals surface area (Å²) in [6.45, 7) is 3.03. The summed E-state index contributed by atoms with van der Waals surface area (Å²) < 4.78 is 0. The molecule has 2 aromatic heterocycles. The van der Waals surface area contributed by atoms with Gasteiger partial charge in [0.15, 0.2) is 0 Å². The van der Waals surface area contributed by atoms with Gasteiger partial charge in [-0.25, -0.2) is 4.98 Å². The van der Waals surface area contributed by atoms with Crippen molar-refractivity contribution in [2.24, 2.45) is 0 Å². The van der Waals surface area contributed by atoms with Crippen molar-refractivity contribution in [1.29, 1.82) is 0 Å². The van der Waals surface area contributed by atoms with Crippen LogP contribution in [-0.4, -0.2) is 56.6 Å². The molecule has 2 N–H and O–H groups in total. The van der Waals surface area contributed by atoms with Crippen LogP contribution in [0.4, 0.5) is 0 Å². The van der Waals surface area contributed by atoms with E-state index in [9.17, 15) is 14.4 Å². The Hall–Kier alpha value is -3.78. The first-order valence-corrected chi connectivity index (χ1v) is 11.7. The second-order valence-corrected chi connectivity index (χ2v) is 9.21. The number of benzene rings is 1. The fourth-order valence-electron chi connectivity index (χ4n) is 5.31. The fourth-order valence-corrected chi connectivity index (χ4v) is 5.31. The first-order valence-electron chi connectivity index (χ1n) is 11.7. The summed E-state index contributed by atoms with van der Waals surface area (Å²) >= 11 is 0. The van der Waals surface area contributed by atoms with Crippen LogP contribution >= 0.6 is 0 Å². The Kier molecular flexibility index (Phi) is 5.03. The van der Waals surface area contributed by atoms with E-state index in [0.717, 1.165) is 48.2 Å². The molecule has 1 unspecified atom stereocenters. The Morgan fingerprint density at radius 2 is 2.00 bits per heavy atom. The van der Waals surface area contributed by atoms with E-state index < -0.39 is 6.04 Å². The van der Waals surface area contributed by atoms with Gasteiger partial charge in [0.25, 0.3) is 5.91 Å². The summed E-state index contributed by atoms with van der Waals surface area (Å²) in [6, 6.07) is 9.47. The smallest absolute Gasteiger partial charge is 0.255 e. The van der Waals surface area contributed by atoms with Crippen LogP contribution in [0.2, 0.25) is 0 Å². The molecule has 0 saturated carbocycles. The van der Waals surface area contributed by atoms with Gasteiger partial charge in [0.05, 0.1) is 0 Å². The quantitative estimate of drug-likeness (QED) is 0.590. The van der Waals surface area contributed by atoms with Crippen molar-refractivity contribution in [1.82, 2.24) is 25.1 Å². The number of amides is 3. The van der Waals surface area contributed by atoms with E-state index >= 15 is 0 Å². The van der Waals surface area contributed by atoms with Crippen molar-refractivity contribution in [2.75, 3.05) is 13.1 Å². The van der Waals surface area contributed by atoms with Crippen molar-refractivity contribution in [2.45, 2.75) is 38.4 Å². The van der Waals surface area contributed by atoms with Gasteiger partial charge in [-0.3, -0.25) is 24.6 Å². The standard InChI is InChI=1S/C26H25N5O3/c32-23-6-5-22(25(33)29-23)31-15-18-12-16(3-4-19(18)26(31)34)14-30-10-7-17(8-11-30)21-13-28-24-20(21)2-1-9-27-24/h1-4,7,9,12-13,22H,5-6,8,10-11,14-15H2,(H,27,28)(H,29,32,33). The normalized spacial score (nSPS) is 21.1. The van der Waals surface area contributed by atoms with Crippen molar-refractivity contribution >= 4 is 34.3 Å². The molecule has 8 heteroatoms. The molecule has 0 bridgehead atoms. The Morgan fingerprint density at radius 3 is 2.82 bits per heavy atom. The van der Waals surface area contributed by atoms with E-state index in [-0.39, 0.29) is 24.1 Å². The maximum Gasteiger partial charge on any atom is 0.255 e. The summed E-state index contributed by atoms with van der Waals surface area (Å²) in [4.78, 5) is 48.3. The summed E-state index contributed by atoms with van der Waals surface area (Å²) in [5.41, 5.74) is 6.25. The molecule has 0 spiro atoms. The number of nitrogens with zero attached hydrogens (tertiary/aromatic N) is 3. The number of hydrogen-bond donors (Lipinski definition) is 2. The van der Waals surface area contributed by atoms with Gasteiger partial charge < -0.3 is 9.88 Å². The van der Waals surface area contributed by atoms with Crippen LogP contribution in [-0.2, 0) is 22.7 Å². The van der Waals surface area contributed by atoms with Crippen LogP contribution < -0.4 is 5.32 Å². The molecule has 6 rings (SSSR count). The number of fused-ring (bicyclic) bond motifs is 2. The SMILES string of the molecule is O=C1CCC(N2Cc3cc(CN4CC=C(c5c[nH]c6ncccc56)CC4)ccc3C2=O)C(=O)N1. The van der Waals surface area contributed by atoms with Crippen LogP contribution in [0.1, 0.15) is 46.3 Å². The van der Waals surface area contributed by atoms with Crippen LogP contribution in [0.15, 0.2) is 48.8 Å². The molecule has 34 heavy (non-hydrogen) atoms. The zero-order chi connectivity index (χ0) is 23.2. The zero-order valence-electron chi connectivity index (χ0n) is 18.7. The molecule has 5 heterocycles. The third kappa shape index (κ3) is 3.60. The van der Waals surface area contributed by atoms with Crippen molar-refractivity contribution < 1.29 is 14.4 Å². The monoisotopic (exact) mass is 455 g/mol. The molecule has 3 aliphatic heterocycles. The molecule has 1 saturated heterocycles. The van der Waals surface area contributed by atoms with Crippen molar-refractivity contribution in [3.05, 3.63) is 71.1 Å². The summed E-state index contributed by atoms with van der Waals surface area (Å²) in [5, 5.41) is 3.51. The fraction of sp³-hybridized carbons (Fsp3) is 0.308. The second-order valence-electron chi connectivity index (χ2n) is 9.21. The molecule has 172 valence electrons. The van der Waals surface area contributed by atoms with Gasteiger partial charge in [-0.1, -0.05) is 18.2 Å². The predicted molar refractivity (Wildman–Crippen MR) is 126 cm³/mol. The summed E-state index contributed by atoms with van der Waals surface area (Å²) in [5.74, 6) is -0.776. The Labute approximate surface area is 196 Å². The molecule has 1 atom stereocenters. The lowest BCUT2D eigenvalue weighted by Crippen LogP contribution is -2.52. The highest BCUT2D eigenvalue weighted by molar-refractivity contribution is 6.05. The first-order chi connectivity index (χ1) is 16.6. The molecule has 8 nitrogen and oxygen atoms in total. The van der Waals surface area contributed by atoms with Gasteiger partial charge in [-0.15, -0.1) is 0 Å². The van der Waals surface area contributed by atoms with Gasteiger partial charge >= 0.3 is 0 Å². The average Bonchev–Trinajstić information content (AvgIpc) is 3.41. The van der Waals surface area contributed by atoms with E-state index in [1.165, 1.54) is 11.1 Å². The van der Waals surface area contributed by atoms with Crippen LogP contribution in [0, 0.1) is 0 Å². The highest BCUT2D eigenvalue weighted by Crippen LogP contribution is 2.31. The van der Waals surface area contributed by atoms with Crippen molar-refractivity contribution in [3.63, 3.8) is 0 Å². The van der Waals surface area contributed by atoms with E-state index in [2.05, 4.69) is 38.4 Å².